The Balaban J connectivity index is 1.71. The Bertz CT molecular complexity index is 835. The molecule has 0 aliphatic carbocycles. The molecule has 0 bridgehead atoms. The Kier molecular flexibility index (Phi) is 5.74. The lowest BCUT2D eigenvalue weighted by Crippen LogP contribution is -2.41. The molecule has 1 saturated heterocycles. The highest BCUT2D eigenvalue weighted by Crippen LogP contribution is 2.27. The zero-order chi connectivity index (χ0) is 19.4. The summed E-state index contributed by atoms with van der Waals surface area (Å²) >= 11 is 0. The van der Waals surface area contributed by atoms with Crippen LogP contribution < -0.4 is 4.74 Å². The van der Waals surface area contributed by atoms with E-state index in [0.29, 0.717) is 13.1 Å². The van der Waals surface area contributed by atoms with Gasteiger partial charge in [0.15, 0.2) is 0 Å². The molecule has 2 aromatic rings. The number of benzene rings is 2. The molecular weight excluding hydrogens is 349 g/mol. The first-order chi connectivity index (χ1) is 13.0. The van der Waals surface area contributed by atoms with Crippen LogP contribution in [0.1, 0.15) is 39.1 Å². The van der Waals surface area contributed by atoms with Crippen LogP contribution in [0.3, 0.4) is 0 Å². The van der Waals surface area contributed by atoms with Crippen LogP contribution in [0.25, 0.3) is 0 Å². The van der Waals surface area contributed by atoms with Crippen molar-refractivity contribution in [2.75, 3.05) is 20.2 Å². The zero-order valence-corrected chi connectivity index (χ0v) is 15.2. The van der Waals surface area contributed by atoms with E-state index in [2.05, 4.69) is 0 Å². The molecule has 1 heterocycles. The molecule has 0 unspecified atom stereocenters. The smallest absolute Gasteiger partial charge is 0.335 e. The Morgan fingerprint density at radius 1 is 1.22 bits per heavy atom. The largest absolute Gasteiger partial charge is 0.496 e. The predicted molar refractivity (Wildman–Crippen MR) is 98.7 cm³/mol. The van der Waals surface area contributed by atoms with Gasteiger partial charge in [0, 0.05) is 13.1 Å². The number of carbonyl (C=O) groups is 2. The Morgan fingerprint density at radius 2 is 1.96 bits per heavy atom. The maximum atomic E-state index is 14.2. The maximum absolute atomic E-state index is 14.2. The number of amides is 1. The highest BCUT2D eigenvalue weighted by atomic mass is 19.1. The first kappa shape index (κ1) is 18.9. The zero-order valence-electron chi connectivity index (χ0n) is 15.2. The van der Waals surface area contributed by atoms with Gasteiger partial charge in [-0.05, 0) is 55.0 Å². The third kappa shape index (κ3) is 4.27. The Hall–Kier alpha value is -2.89. The van der Waals surface area contributed by atoms with E-state index in [1.54, 1.807) is 23.1 Å². The van der Waals surface area contributed by atoms with Gasteiger partial charge in [0.1, 0.15) is 17.1 Å². The van der Waals surface area contributed by atoms with Crippen LogP contribution in [0.15, 0.2) is 42.5 Å². The number of likely N-dealkylation sites (tertiary alicyclic amines) is 1. The fraction of sp³-hybridized carbons (Fsp3) is 0.333. The summed E-state index contributed by atoms with van der Waals surface area (Å²) in [6.45, 7) is 1.13. The van der Waals surface area contributed by atoms with Gasteiger partial charge in [0.05, 0.1) is 12.7 Å². The number of hydrogen-bond donors (Lipinski definition) is 1. The molecule has 0 radical (unpaired) electrons. The van der Waals surface area contributed by atoms with Gasteiger partial charge in [-0.1, -0.05) is 18.2 Å². The summed E-state index contributed by atoms with van der Waals surface area (Å²) in [5.41, 5.74) is 1.26. The topological polar surface area (TPSA) is 66.8 Å². The van der Waals surface area contributed by atoms with Gasteiger partial charge in [0.25, 0.3) is 5.91 Å². The minimum atomic E-state index is -0.949. The summed E-state index contributed by atoms with van der Waals surface area (Å²) in [6, 6.07) is 11.2. The number of carboxylic acids is 1. The van der Waals surface area contributed by atoms with E-state index in [1.165, 1.54) is 19.2 Å². The molecule has 3 rings (SSSR count). The van der Waals surface area contributed by atoms with Gasteiger partial charge in [-0.25, -0.2) is 9.18 Å². The average Bonchev–Trinajstić information content (AvgIpc) is 2.68. The number of hydrogen-bond acceptors (Lipinski definition) is 3. The number of methoxy groups -OCH3 is 1. The van der Waals surface area contributed by atoms with Crippen molar-refractivity contribution in [3.63, 3.8) is 0 Å². The minimum Gasteiger partial charge on any atom is -0.496 e. The Morgan fingerprint density at radius 3 is 2.63 bits per heavy atom. The highest BCUT2D eigenvalue weighted by Gasteiger charge is 2.28. The molecule has 1 amide bonds. The van der Waals surface area contributed by atoms with Gasteiger partial charge >= 0.3 is 5.97 Å². The quantitative estimate of drug-likeness (QED) is 0.872. The molecule has 6 heteroatoms. The number of ether oxygens (including phenoxy) is 1. The number of carbonyl (C=O) groups excluding carboxylic acids is 1. The fourth-order valence-corrected chi connectivity index (χ4v) is 3.57. The van der Waals surface area contributed by atoms with Gasteiger partial charge in [0.2, 0.25) is 0 Å². The number of piperidine rings is 1. The van der Waals surface area contributed by atoms with E-state index >= 15 is 0 Å². The molecule has 1 N–H and O–H groups in total. The normalized spacial score (nSPS) is 16.8. The number of carboxylic acid groups (broad SMARTS) is 1. The molecule has 1 aliphatic heterocycles. The number of rotatable bonds is 5. The fourth-order valence-electron chi connectivity index (χ4n) is 3.57. The first-order valence-electron chi connectivity index (χ1n) is 8.93. The lowest BCUT2D eigenvalue weighted by Gasteiger charge is -2.33. The molecule has 27 heavy (non-hydrogen) atoms. The minimum absolute atomic E-state index is 0.0218. The molecule has 2 aromatic carbocycles. The lowest BCUT2D eigenvalue weighted by molar-refractivity contribution is 0.0662. The molecule has 5 nitrogen and oxygen atoms in total. The van der Waals surface area contributed by atoms with Gasteiger partial charge in [-0.3, -0.25) is 4.79 Å². The average molecular weight is 371 g/mol. The lowest BCUT2D eigenvalue weighted by atomic mass is 9.90. The second kappa shape index (κ2) is 8.20. The van der Waals surface area contributed by atoms with Crippen molar-refractivity contribution in [2.45, 2.75) is 19.3 Å². The van der Waals surface area contributed by atoms with Crippen LogP contribution in [-0.2, 0) is 6.42 Å². The molecule has 0 saturated carbocycles. The number of halogens is 1. The second-order valence-electron chi connectivity index (χ2n) is 6.78. The molecule has 0 aromatic heterocycles. The maximum Gasteiger partial charge on any atom is 0.335 e. The van der Waals surface area contributed by atoms with Crippen molar-refractivity contribution in [1.82, 2.24) is 4.90 Å². The van der Waals surface area contributed by atoms with Crippen molar-refractivity contribution in [2.24, 2.45) is 5.92 Å². The van der Waals surface area contributed by atoms with E-state index in [1.807, 2.05) is 12.1 Å². The summed E-state index contributed by atoms with van der Waals surface area (Å²) in [6.07, 6.45) is 2.57. The van der Waals surface area contributed by atoms with Crippen LogP contribution in [0.2, 0.25) is 0 Å². The number of nitrogens with zero attached hydrogens (tertiary/aromatic N) is 1. The van der Waals surface area contributed by atoms with E-state index < -0.39 is 11.8 Å². The third-order valence-corrected chi connectivity index (χ3v) is 4.94. The van der Waals surface area contributed by atoms with Gasteiger partial charge in [-0.2, -0.15) is 0 Å². The predicted octanol–water partition coefficient (Wildman–Crippen LogP) is 3.63. The van der Waals surface area contributed by atoms with Crippen LogP contribution >= 0.6 is 0 Å². The highest BCUT2D eigenvalue weighted by molar-refractivity contribution is 5.97. The van der Waals surface area contributed by atoms with Crippen molar-refractivity contribution >= 4 is 11.9 Å². The van der Waals surface area contributed by atoms with Crippen LogP contribution in [0.5, 0.6) is 5.75 Å². The number of aromatic carboxylic acids is 1. The van der Waals surface area contributed by atoms with Gasteiger partial charge < -0.3 is 14.7 Å². The molecule has 1 aliphatic rings. The van der Waals surface area contributed by atoms with Crippen molar-refractivity contribution in [1.29, 1.82) is 0 Å². The first-order valence-corrected chi connectivity index (χ1v) is 8.93. The van der Waals surface area contributed by atoms with Crippen LogP contribution in [0, 0.1) is 11.7 Å². The SMILES string of the molecule is COc1cccc(F)c1C(=O)N1CCC[C@H](Cc2ccc(C(=O)O)cc2)C1. The molecule has 1 atom stereocenters. The summed E-state index contributed by atoms with van der Waals surface area (Å²) in [4.78, 5) is 25.5. The summed E-state index contributed by atoms with van der Waals surface area (Å²) in [5, 5.41) is 8.98. The molecule has 142 valence electrons. The standard InChI is InChI=1S/C21H22FNO4/c1-27-18-6-2-5-17(22)19(18)20(24)23-11-3-4-15(13-23)12-14-7-9-16(10-8-14)21(25)26/h2,5-10,15H,3-4,11-13H2,1H3,(H,25,26)/t15-/m1/s1. The summed E-state index contributed by atoms with van der Waals surface area (Å²) < 4.78 is 19.4. The van der Waals surface area contributed by atoms with Crippen molar-refractivity contribution < 1.29 is 23.8 Å². The molecular formula is C21H22FNO4. The Labute approximate surface area is 157 Å². The summed E-state index contributed by atoms with van der Waals surface area (Å²) in [5.74, 6) is -1.39. The monoisotopic (exact) mass is 371 g/mol. The van der Waals surface area contributed by atoms with E-state index in [9.17, 15) is 14.0 Å². The second-order valence-corrected chi connectivity index (χ2v) is 6.78. The third-order valence-electron chi connectivity index (χ3n) is 4.94. The van der Waals surface area contributed by atoms with E-state index in [-0.39, 0.29) is 28.7 Å². The van der Waals surface area contributed by atoms with E-state index in [0.717, 1.165) is 24.8 Å². The van der Waals surface area contributed by atoms with Crippen molar-refractivity contribution in [3.8, 4) is 5.75 Å². The molecule has 1 fully saturated rings. The van der Waals surface area contributed by atoms with Crippen LogP contribution in [0.4, 0.5) is 4.39 Å². The molecule has 0 spiro atoms. The van der Waals surface area contributed by atoms with Crippen molar-refractivity contribution in [3.05, 3.63) is 65.0 Å². The van der Waals surface area contributed by atoms with E-state index in [4.69, 9.17) is 9.84 Å². The summed E-state index contributed by atoms with van der Waals surface area (Å²) in [7, 11) is 1.42. The van der Waals surface area contributed by atoms with Crippen LogP contribution in [-0.4, -0.2) is 42.1 Å². The van der Waals surface area contributed by atoms with Gasteiger partial charge in [-0.15, -0.1) is 0 Å².